The number of ketones is 1. The van der Waals surface area contributed by atoms with Gasteiger partial charge in [-0.1, -0.05) is 11.6 Å². The average molecular weight is 249 g/mol. The van der Waals surface area contributed by atoms with Crippen LogP contribution in [-0.2, 0) is 4.79 Å². The summed E-state index contributed by atoms with van der Waals surface area (Å²) in [5.74, 6) is 0.470. The summed E-state index contributed by atoms with van der Waals surface area (Å²) >= 11 is 6.06. The molecule has 0 aromatic carbocycles. The van der Waals surface area contributed by atoms with E-state index in [0.717, 1.165) is 31.6 Å². The SMILES string of the molecule is O=C1/C(=C/c2ncccc2Cl)N2CCC1CC2. The molecular formula is C13H13ClN2O. The van der Waals surface area contributed by atoms with Crippen LogP contribution in [0, 0.1) is 5.92 Å². The molecule has 0 radical (unpaired) electrons. The maximum Gasteiger partial charge on any atom is 0.182 e. The summed E-state index contributed by atoms with van der Waals surface area (Å²) in [7, 11) is 0. The van der Waals surface area contributed by atoms with Crippen molar-refractivity contribution in [3.8, 4) is 0 Å². The summed E-state index contributed by atoms with van der Waals surface area (Å²) in [6.07, 6.45) is 5.51. The van der Waals surface area contributed by atoms with Gasteiger partial charge in [-0.3, -0.25) is 9.78 Å². The van der Waals surface area contributed by atoms with E-state index in [1.165, 1.54) is 0 Å². The number of Topliss-reactive ketones (excluding diaryl/α,β-unsaturated/α-hetero) is 1. The lowest BCUT2D eigenvalue weighted by Gasteiger charge is -2.41. The third kappa shape index (κ3) is 1.84. The van der Waals surface area contributed by atoms with E-state index < -0.39 is 0 Å². The molecule has 3 nitrogen and oxygen atoms in total. The molecule has 0 N–H and O–H groups in total. The molecule has 88 valence electrons. The van der Waals surface area contributed by atoms with E-state index in [0.29, 0.717) is 10.7 Å². The first kappa shape index (κ1) is 10.8. The molecule has 1 aromatic rings. The number of carbonyl (C=O) groups is 1. The van der Waals surface area contributed by atoms with E-state index >= 15 is 0 Å². The molecule has 0 atom stereocenters. The first-order valence-electron chi connectivity index (χ1n) is 5.87. The second-order valence-electron chi connectivity index (χ2n) is 4.53. The van der Waals surface area contributed by atoms with Gasteiger partial charge in [0.2, 0.25) is 0 Å². The Bertz CT molecular complexity index is 490. The van der Waals surface area contributed by atoms with Crippen LogP contribution in [0.1, 0.15) is 18.5 Å². The van der Waals surface area contributed by atoms with Crippen molar-refractivity contribution >= 4 is 23.5 Å². The molecule has 3 aliphatic rings. The zero-order chi connectivity index (χ0) is 11.8. The Morgan fingerprint density at radius 3 is 2.82 bits per heavy atom. The third-order valence-electron chi connectivity index (χ3n) is 3.52. The van der Waals surface area contributed by atoms with Crippen LogP contribution in [0.15, 0.2) is 24.0 Å². The van der Waals surface area contributed by atoms with Gasteiger partial charge in [0.15, 0.2) is 5.78 Å². The van der Waals surface area contributed by atoms with Crippen LogP contribution < -0.4 is 0 Å². The maximum absolute atomic E-state index is 12.1. The molecule has 4 heterocycles. The van der Waals surface area contributed by atoms with Crippen molar-refractivity contribution in [3.05, 3.63) is 34.7 Å². The Kier molecular flexibility index (Phi) is 2.63. The first-order chi connectivity index (χ1) is 8.25. The zero-order valence-electron chi connectivity index (χ0n) is 9.40. The molecule has 0 saturated carbocycles. The number of carbonyl (C=O) groups excluding carboxylic acids is 1. The smallest absolute Gasteiger partial charge is 0.182 e. The summed E-state index contributed by atoms with van der Waals surface area (Å²) in [6.45, 7) is 1.96. The molecule has 3 saturated heterocycles. The number of hydrogen-bond donors (Lipinski definition) is 0. The summed E-state index contributed by atoms with van der Waals surface area (Å²) in [6, 6.07) is 3.58. The second-order valence-corrected chi connectivity index (χ2v) is 4.93. The highest BCUT2D eigenvalue weighted by Crippen LogP contribution is 2.32. The number of halogens is 1. The average Bonchev–Trinajstić information content (AvgIpc) is 2.36. The highest BCUT2D eigenvalue weighted by Gasteiger charge is 2.36. The predicted molar refractivity (Wildman–Crippen MR) is 66.5 cm³/mol. The fourth-order valence-corrected chi connectivity index (χ4v) is 2.72. The molecule has 4 rings (SSSR count). The minimum Gasteiger partial charge on any atom is -0.369 e. The topological polar surface area (TPSA) is 33.2 Å². The summed E-state index contributed by atoms with van der Waals surface area (Å²) in [4.78, 5) is 18.5. The van der Waals surface area contributed by atoms with Crippen molar-refractivity contribution in [1.29, 1.82) is 0 Å². The van der Waals surface area contributed by atoms with Crippen molar-refractivity contribution in [2.75, 3.05) is 13.1 Å². The van der Waals surface area contributed by atoms with Crippen molar-refractivity contribution in [3.63, 3.8) is 0 Å². The van der Waals surface area contributed by atoms with Crippen molar-refractivity contribution in [2.45, 2.75) is 12.8 Å². The number of pyridine rings is 1. The molecule has 17 heavy (non-hydrogen) atoms. The normalized spacial score (nSPS) is 22.5. The van der Waals surface area contributed by atoms with Gasteiger partial charge in [0.25, 0.3) is 0 Å². The Morgan fingerprint density at radius 1 is 1.41 bits per heavy atom. The van der Waals surface area contributed by atoms with Crippen LogP contribution in [0.3, 0.4) is 0 Å². The lowest BCUT2D eigenvalue weighted by Crippen LogP contribution is -2.45. The standard InChI is InChI=1S/C13H13ClN2O/c14-10-2-1-5-15-11(10)8-12-13(17)9-3-6-16(12)7-4-9/h1-2,5,8-9H,3-4,6-7H2/b12-8-. The molecule has 0 unspecified atom stereocenters. The number of nitrogens with zero attached hydrogens (tertiary/aromatic N) is 2. The minimum absolute atomic E-state index is 0.216. The zero-order valence-corrected chi connectivity index (χ0v) is 10.2. The Morgan fingerprint density at radius 2 is 2.18 bits per heavy atom. The molecule has 2 bridgehead atoms. The van der Waals surface area contributed by atoms with Crippen molar-refractivity contribution < 1.29 is 4.79 Å². The first-order valence-corrected chi connectivity index (χ1v) is 6.25. The van der Waals surface area contributed by atoms with Gasteiger partial charge in [-0.2, -0.15) is 0 Å². The lowest BCUT2D eigenvalue weighted by atomic mass is 9.84. The highest BCUT2D eigenvalue weighted by molar-refractivity contribution is 6.32. The second kappa shape index (κ2) is 4.15. The molecule has 0 amide bonds. The maximum atomic E-state index is 12.1. The third-order valence-corrected chi connectivity index (χ3v) is 3.84. The fraction of sp³-hybridized carbons (Fsp3) is 0.385. The minimum atomic E-state index is 0.216. The Labute approximate surface area is 105 Å². The molecule has 0 aliphatic carbocycles. The van der Waals surface area contributed by atoms with E-state index in [4.69, 9.17) is 11.6 Å². The highest BCUT2D eigenvalue weighted by atomic mass is 35.5. The van der Waals surface area contributed by atoms with Crippen molar-refractivity contribution in [2.24, 2.45) is 5.92 Å². The summed E-state index contributed by atoms with van der Waals surface area (Å²) in [5, 5.41) is 0.593. The van der Waals surface area contributed by atoms with Gasteiger partial charge < -0.3 is 4.90 Å². The molecule has 3 aliphatic heterocycles. The van der Waals surface area contributed by atoms with Gasteiger partial charge in [-0.25, -0.2) is 0 Å². The van der Waals surface area contributed by atoms with E-state index in [1.807, 2.05) is 6.08 Å². The van der Waals surface area contributed by atoms with Gasteiger partial charge in [0.05, 0.1) is 16.4 Å². The molecule has 3 fully saturated rings. The van der Waals surface area contributed by atoms with Gasteiger partial charge >= 0.3 is 0 Å². The quantitative estimate of drug-likeness (QED) is 0.716. The van der Waals surface area contributed by atoms with Crippen LogP contribution in [0.4, 0.5) is 0 Å². The van der Waals surface area contributed by atoms with E-state index in [-0.39, 0.29) is 11.7 Å². The number of fused-ring (bicyclic) bond motifs is 3. The van der Waals surface area contributed by atoms with Crippen LogP contribution in [-0.4, -0.2) is 28.8 Å². The summed E-state index contributed by atoms with van der Waals surface area (Å²) in [5.41, 5.74) is 1.47. The molecule has 1 aromatic heterocycles. The van der Waals surface area contributed by atoms with Crippen LogP contribution in [0.25, 0.3) is 6.08 Å². The fourth-order valence-electron chi connectivity index (χ4n) is 2.54. The van der Waals surface area contributed by atoms with Crippen molar-refractivity contribution in [1.82, 2.24) is 9.88 Å². The van der Waals surface area contributed by atoms with E-state index in [2.05, 4.69) is 9.88 Å². The van der Waals surface area contributed by atoms with Gasteiger partial charge in [-0.05, 0) is 31.1 Å². The molecule has 0 spiro atoms. The Hall–Kier alpha value is -1.35. The van der Waals surface area contributed by atoms with Gasteiger partial charge in [0, 0.05) is 25.2 Å². The number of aromatic nitrogens is 1. The number of hydrogen-bond acceptors (Lipinski definition) is 3. The number of piperidine rings is 3. The Balaban J connectivity index is 1.99. The van der Waals surface area contributed by atoms with E-state index in [9.17, 15) is 4.79 Å². The van der Waals surface area contributed by atoms with E-state index in [1.54, 1.807) is 18.3 Å². The molecular weight excluding hydrogens is 236 g/mol. The monoisotopic (exact) mass is 248 g/mol. The summed E-state index contributed by atoms with van der Waals surface area (Å²) < 4.78 is 0. The lowest BCUT2D eigenvalue weighted by molar-refractivity contribution is -0.125. The van der Waals surface area contributed by atoms with Gasteiger partial charge in [0.1, 0.15) is 0 Å². The van der Waals surface area contributed by atoms with Gasteiger partial charge in [-0.15, -0.1) is 0 Å². The molecule has 4 heteroatoms. The van der Waals surface area contributed by atoms with Crippen LogP contribution in [0.5, 0.6) is 0 Å². The largest absolute Gasteiger partial charge is 0.369 e. The van der Waals surface area contributed by atoms with Crippen LogP contribution >= 0.6 is 11.6 Å². The van der Waals surface area contributed by atoms with Crippen LogP contribution in [0.2, 0.25) is 5.02 Å². The predicted octanol–water partition coefficient (Wildman–Crippen LogP) is 2.37. The number of rotatable bonds is 1. The number of allylic oxidation sites excluding steroid dienone is 1.